The van der Waals surface area contributed by atoms with Crippen molar-refractivity contribution in [2.75, 3.05) is 0 Å². The molecule has 0 bridgehead atoms. The summed E-state index contributed by atoms with van der Waals surface area (Å²) in [6.07, 6.45) is 0. The third-order valence-electron chi connectivity index (χ3n) is 1.91. The summed E-state index contributed by atoms with van der Waals surface area (Å²) in [6.45, 7) is 6.14. The van der Waals surface area contributed by atoms with Crippen molar-refractivity contribution in [3.05, 3.63) is 29.8 Å². The summed E-state index contributed by atoms with van der Waals surface area (Å²) in [5.41, 5.74) is 0.861. The van der Waals surface area contributed by atoms with Crippen LogP contribution < -0.4 is 4.89 Å². The lowest BCUT2D eigenvalue weighted by Crippen LogP contribution is -2.13. The molecule has 1 unspecified atom stereocenters. The van der Waals surface area contributed by atoms with Crippen LogP contribution in [0.25, 0.3) is 0 Å². The SMILES string of the molecule is CC(C)(C)c1ccccc1OOP(O)(=S)Cl. The summed E-state index contributed by atoms with van der Waals surface area (Å²) >= 11 is 9.89. The van der Waals surface area contributed by atoms with Crippen molar-refractivity contribution >= 4 is 28.9 Å². The fourth-order valence-electron chi connectivity index (χ4n) is 1.25. The van der Waals surface area contributed by atoms with Gasteiger partial charge >= 0.3 is 5.84 Å². The first-order chi connectivity index (χ1) is 7.20. The molecule has 0 aliphatic carbocycles. The smallest absolute Gasteiger partial charge is 0.321 e. The molecule has 0 saturated heterocycles. The molecular formula is C10H14ClO3PS. The molecule has 1 aromatic rings. The van der Waals surface area contributed by atoms with E-state index in [4.69, 9.17) is 21.0 Å². The van der Waals surface area contributed by atoms with Crippen LogP contribution in [0, 0.1) is 0 Å². The summed E-state index contributed by atoms with van der Waals surface area (Å²) in [6, 6.07) is 7.38. The highest BCUT2D eigenvalue weighted by molar-refractivity contribution is 8.21. The number of benzene rings is 1. The molecule has 90 valence electrons. The largest absolute Gasteiger partial charge is 0.331 e. The molecule has 0 aliphatic heterocycles. The molecule has 1 rings (SSSR count). The van der Waals surface area contributed by atoms with Gasteiger partial charge in [0.25, 0.3) is 0 Å². The van der Waals surface area contributed by atoms with E-state index in [0.29, 0.717) is 5.75 Å². The van der Waals surface area contributed by atoms with Gasteiger partial charge in [-0.2, -0.15) is 0 Å². The second kappa shape index (κ2) is 5.03. The zero-order valence-corrected chi connectivity index (χ0v) is 11.8. The van der Waals surface area contributed by atoms with Gasteiger partial charge in [0.2, 0.25) is 0 Å². The van der Waals surface area contributed by atoms with Gasteiger partial charge in [-0.3, -0.25) is 0 Å². The van der Waals surface area contributed by atoms with E-state index in [1.165, 1.54) is 0 Å². The summed E-state index contributed by atoms with van der Waals surface area (Å²) < 4.78 is 4.60. The van der Waals surface area contributed by atoms with Crippen LogP contribution in [0.3, 0.4) is 0 Å². The van der Waals surface area contributed by atoms with E-state index in [2.05, 4.69) is 16.5 Å². The second-order valence-corrected chi connectivity index (χ2v) is 8.87. The van der Waals surface area contributed by atoms with Crippen molar-refractivity contribution in [1.82, 2.24) is 0 Å². The maximum absolute atomic E-state index is 9.12. The summed E-state index contributed by atoms with van der Waals surface area (Å²) in [5.74, 6) is -2.81. The average molecular weight is 281 g/mol. The van der Waals surface area contributed by atoms with Gasteiger partial charge in [-0.1, -0.05) is 39.0 Å². The van der Waals surface area contributed by atoms with Gasteiger partial charge in [-0.05, 0) is 34.5 Å². The number of hydrogen-bond acceptors (Lipinski definition) is 3. The highest BCUT2D eigenvalue weighted by Crippen LogP contribution is 2.48. The molecule has 1 atom stereocenters. The van der Waals surface area contributed by atoms with Crippen molar-refractivity contribution in [1.29, 1.82) is 0 Å². The predicted molar refractivity (Wildman–Crippen MR) is 69.2 cm³/mol. The first-order valence-corrected chi connectivity index (χ1v) is 8.26. The molecular weight excluding hydrogens is 267 g/mol. The van der Waals surface area contributed by atoms with Crippen LogP contribution in [-0.4, -0.2) is 4.89 Å². The highest BCUT2D eigenvalue weighted by atomic mass is 35.7. The van der Waals surface area contributed by atoms with Crippen molar-refractivity contribution in [2.45, 2.75) is 26.2 Å². The average Bonchev–Trinajstić information content (AvgIpc) is 2.12. The van der Waals surface area contributed by atoms with E-state index in [1.54, 1.807) is 6.07 Å². The summed E-state index contributed by atoms with van der Waals surface area (Å²) in [4.78, 5) is 14.1. The third kappa shape index (κ3) is 4.40. The van der Waals surface area contributed by atoms with Crippen LogP contribution >= 0.6 is 17.1 Å². The Morgan fingerprint density at radius 3 is 2.38 bits per heavy atom. The number of hydrogen-bond donors (Lipinski definition) is 1. The second-order valence-electron chi connectivity index (χ2n) is 4.36. The minimum absolute atomic E-state index is 0.0930. The van der Waals surface area contributed by atoms with E-state index in [0.717, 1.165) is 5.56 Å². The van der Waals surface area contributed by atoms with Crippen LogP contribution in [-0.2, 0) is 21.9 Å². The quantitative estimate of drug-likeness (QED) is 0.520. The van der Waals surface area contributed by atoms with Crippen molar-refractivity contribution in [3.63, 3.8) is 0 Å². The maximum Gasteiger partial charge on any atom is 0.321 e. The fourth-order valence-corrected chi connectivity index (χ4v) is 1.59. The molecule has 0 amide bonds. The first-order valence-electron chi connectivity index (χ1n) is 4.68. The lowest BCUT2D eigenvalue weighted by molar-refractivity contribution is -0.0967. The minimum atomic E-state index is -3.32. The minimum Gasteiger partial charge on any atom is -0.331 e. The molecule has 0 aromatic heterocycles. The molecule has 3 nitrogen and oxygen atoms in total. The molecule has 1 aromatic carbocycles. The van der Waals surface area contributed by atoms with Crippen LogP contribution in [0.5, 0.6) is 5.75 Å². The summed E-state index contributed by atoms with van der Waals surface area (Å²) in [5, 5.41) is 0. The van der Waals surface area contributed by atoms with Gasteiger partial charge in [0.05, 0.1) is 0 Å². The van der Waals surface area contributed by atoms with Gasteiger partial charge in [0, 0.05) is 5.56 Å². The monoisotopic (exact) mass is 280 g/mol. The zero-order valence-electron chi connectivity index (χ0n) is 9.31. The lowest BCUT2D eigenvalue weighted by atomic mass is 9.86. The normalized spacial score (nSPS) is 15.6. The molecule has 0 spiro atoms. The van der Waals surface area contributed by atoms with Gasteiger partial charge in [0.1, 0.15) is 0 Å². The number of halogens is 1. The van der Waals surface area contributed by atoms with Gasteiger partial charge in [-0.15, -0.1) is 4.67 Å². The van der Waals surface area contributed by atoms with Crippen molar-refractivity contribution in [2.24, 2.45) is 0 Å². The van der Waals surface area contributed by atoms with Crippen LogP contribution in [0.2, 0.25) is 0 Å². The third-order valence-corrected chi connectivity index (χ3v) is 2.52. The molecule has 1 N–H and O–H groups in total. The zero-order chi connectivity index (χ0) is 12.4. The van der Waals surface area contributed by atoms with Gasteiger partial charge in [-0.25, -0.2) is 0 Å². The van der Waals surface area contributed by atoms with E-state index in [-0.39, 0.29) is 5.41 Å². The molecule has 16 heavy (non-hydrogen) atoms. The Kier molecular flexibility index (Phi) is 4.38. The first kappa shape index (κ1) is 13.9. The fraction of sp³-hybridized carbons (Fsp3) is 0.400. The van der Waals surface area contributed by atoms with Crippen LogP contribution in [0.4, 0.5) is 0 Å². The topological polar surface area (TPSA) is 38.7 Å². The Balaban J connectivity index is 2.92. The Morgan fingerprint density at radius 1 is 1.31 bits per heavy atom. The molecule has 6 heteroatoms. The van der Waals surface area contributed by atoms with Crippen molar-refractivity contribution < 1.29 is 14.5 Å². The number of rotatable bonds is 3. The Hall–Kier alpha value is -0.120. The van der Waals surface area contributed by atoms with Crippen LogP contribution in [0.15, 0.2) is 24.3 Å². The van der Waals surface area contributed by atoms with Gasteiger partial charge < -0.3 is 9.78 Å². The maximum atomic E-state index is 9.12. The molecule has 0 radical (unpaired) electrons. The molecule has 0 heterocycles. The highest BCUT2D eigenvalue weighted by Gasteiger charge is 2.20. The molecule has 0 saturated carbocycles. The Morgan fingerprint density at radius 2 is 1.88 bits per heavy atom. The van der Waals surface area contributed by atoms with Crippen LogP contribution in [0.1, 0.15) is 26.3 Å². The molecule has 0 aliphatic rings. The number of para-hydroxylation sites is 1. The van der Waals surface area contributed by atoms with E-state index >= 15 is 0 Å². The Labute approximate surface area is 105 Å². The van der Waals surface area contributed by atoms with Crippen molar-refractivity contribution in [3.8, 4) is 5.75 Å². The lowest BCUT2D eigenvalue weighted by Gasteiger charge is -2.21. The summed E-state index contributed by atoms with van der Waals surface area (Å²) in [7, 11) is 0. The standard InChI is InChI=1S/C10H14ClO3PS/c1-10(2,3)8-6-4-5-7-9(8)13-14-15(11,12)16/h4-7H,1-3H3,(H,12,16). The molecule has 0 fully saturated rings. The predicted octanol–water partition coefficient (Wildman–Crippen LogP) is 3.75. The van der Waals surface area contributed by atoms with E-state index < -0.39 is 5.84 Å². The van der Waals surface area contributed by atoms with E-state index in [1.807, 2.05) is 39.0 Å². The van der Waals surface area contributed by atoms with Gasteiger partial charge in [0.15, 0.2) is 5.75 Å². The van der Waals surface area contributed by atoms with E-state index in [9.17, 15) is 0 Å². The Bertz CT molecular complexity index is 411.